The minimum absolute atomic E-state index is 0.0658. The SMILES string of the molecule is O=C(c1cc(O)ccc1O)N(CCCl)Cc1ccccc1. The average Bonchev–Trinajstić information content (AvgIpc) is 2.49. The lowest BCUT2D eigenvalue weighted by Gasteiger charge is -2.22. The molecule has 2 aromatic carbocycles. The zero-order valence-corrected chi connectivity index (χ0v) is 12.1. The lowest BCUT2D eigenvalue weighted by molar-refractivity contribution is 0.0750. The molecule has 0 heterocycles. The van der Waals surface area contributed by atoms with Crippen molar-refractivity contribution >= 4 is 17.5 Å². The molecule has 0 aliphatic heterocycles. The summed E-state index contributed by atoms with van der Waals surface area (Å²) in [6, 6.07) is 13.4. The third-order valence-electron chi connectivity index (χ3n) is 3.07. The number of aromatic hydroxyl groups is 2. The molecule has 4 nitrogen and oxygen atoms in total. The van der Waals surface area contributed by atoms with Crippen molar-refractivity contribution in [2.24, 2.45) is 0 Å². The van der Waals surface area contributed by atoms with Crippen LogP contribution in [0.3, 0.4) is 0 Å². The van der Waals surface area contributed by atoms with E-state index in [1.807, 2.05) is 30.3 Å². The zero-order valence-electron chi connectivity index (χ0n) is 11.4. The maximum Gasteiger partial charge on any atom is 0.258 e. The molecule has 0 aliphatic rings. The molecule has 2 rings (SSSR count). The number of carbonyl (C=O) groups is 1. The average molecular weight is 306 g/mol. The fourth-order valence-corrected chi connectivity index (χ4v) is 2.23. The Kier molecular flexibility index (Phi) is 5.06. The molecule has 0 saturated heterocycles. The lowest BCUT2D eigenvalue weighted by atomic mass is 10.1. The van der Waals surface area contributed by atoms with Gasteiger partial charge in [-0.05, 0) is 23.8 Å². The van der Waals surface area contributed by atoms with Crippen LogP contribution < -0.4 is 0 Å². The monoisotopic (exact) mass is 305 g/mol. The van der Waals surface area contributed by atoms with Crippen LogP contribution in [-0.2, 0) is 6.54 Å². The number of nitrogens with zero attached hydrogens (tertiary/aromatic N) is 1. The molecule has 21 heavy (non-hydrogen) atoms. The predicted molar refractivity (Wildman–Crippen MR) is 81.7 cm³/mol. The summed E-state index contributed by atoms with van der Waals surface area (Å²) in [5, 5.41) is 19.3. The summed E-state index contributed by atoms with van der Waals surface area (Å²) in [5.41, 5.74) is 1.03. The van der Waals surface area contributed by atoms with E-state index in [4.69, 9.17) is 11.6 Å². The molecule has 0 aliphatic carbocycles. The lowest BCUT2D eigenvalue weighted by Crippen LogP contribution is -2.32. The van der Waals surface area contributed by atoms with Crippen LogP contribution in [0.15, 0.2) is 48.5 Å². The van der Waals surface area contributed by atoms with Crippen LogP contribution in [0.2, 0.25) is 0 Å². The smallest absolute Gasteiger partial charge is 0.258 e. The van der Waals surface area contributed by atoms with Crippen LogP contribution in [-0.4, -0.2) is 33.4 Å². The Balaban J connectivity index is 2.25. The highest BCUT2D eigenvalue weighted by molar-refractivity contribution is 6.18. The quantitative estimate of drug-likeness (QED) is 0.659. The second-order valence-electron chi connectivity index (χ2n) is 4.60. The Morgan fingerprint density at radius 3 is 2.48 bits per heavy atom. The molecule has 0 atom stereocenters. The van der Waals surface area contributed by atoms with E-state index in [0.717, 1.165) is 5.56 Å². The van der Waals surface area contributed by atoms with Gasteiger partial charge in [-0.25, -0.2) is 0 Å². The van der Waals surface area contributed by atoms with Gasteiger partial charge in [0.05, 0.1) is 5.56 Å². The zero-order chi connectivity index (χ0) is 15.2. The van der Waals surface area contributed by atoms with E-state index in [1.54, 1.807) is 0 Å². The van der Waals surface area contributed by atoms with Crippen molar-refractivity contribution in [2.45, 2.75) is 6.54 Å². The maximum absolute atomic E-state index is 12.5. The predicted octanol–water partition coefficient (Wildman–Crippen LogP) is 2.98. The normalized spacial score (nSPS) is 10.3. The van der Waals surface area contributed by atoms with Crippen molar-refractivity contribution in [3.63, 3.8) is 0 Å². The molecule has 110 valence electrons. The van der Waals surface area contributed by atoms with Crippen molar-refractivity contribution < 1.29 is 15.0 Å². The van der Waals surface area contributed by atoms with E-state index >= 15 is 0 Å². The largest absolute Gasteiger partial charge is 0.508 e. The topological polar surface area (TPSA) is 60.8 Å². The Bertz CT molecular complexity index is 616. The fourth-order valence-electron chi connectivity index (χ4n) is 2.02. The van der Waals surface area contributed by atoms with Crippen LogP contribution in [0, 0.1) is 0 Å². The van der Waals surface area contributed by atoms with Crippen molar-refractivity contribution in [1.82, 2.24) is 4.90 Å². The summed E-state index contributed by atoms with van der Waals surface area (Å²) >= 11 is 5.76. The van der Waals surface area contributed by atoms with Crippen molar-refractivity contribution in [3.05, 3.63) is 59.7 Å². The Morgan fingerprint density at radius 2 is 1.81 bits per heavy atom. The molecule has 0 fully saturated rings. The molecular weight excluding hydrogens is 290 g/mol. The summed E-state index contributed by atoms with van der Waals surface area (Å²) in [7, 11) is 0. The summed E-state index contributed by atoms with van der Waals surface area (Å²) in [6.07, 6.45) is 0. The fraction of sp³-hybridized carbons (Fsp3) is 0.188. The number of hydrogen-bond acceptors (Lipinski definition) is 3. The standard InChI is InChI=1S/C16H16ClNO3/c17-8-9-18(11-12-4-2-1-3-5-12)16(21)14-10-13(19)6-7-15(14)20/h1-7,10,19-20H,8-9,11H2. The molecule has 0 saturated carbocycles. The summed E-state index contributed by atoms with van der Waals surface area (Å²) in [5.74, 6) is -0.307. The van der Waals surface area contributed by atoms with Gasteiger partial charge in [-0.2, -0.15) is 0 Å². The van der Waals surface area contributed by atoms with Crippen LogP contribution in [0.1, 0.15) is 15.9 Å². The number of alkyl halides is 1. The minimum Gasteiger partial charge on any atom is -0.508 e. The maximum atomic E-state index is 12.5. The number of carbonyl (C=O) groups excluding carboxylic acids is 1. The highest BCUT2D eigenvalue weighted by atomic mass is 35.5. The van der Waals surface area contributed by atoms with E-state index in [1.165, 1.54) is 23.1 Å². The number of hydrogen-bond donors (Lipinski definition) is 2. The Hall–Kier alpha value is -2.20. The van der Waals surface area contributed by atoms with Crippen molar-refractivity contribution in [1.29, 1.82) is 0 Å². The second kappa shape index (κ2) is 6.99. The summed E-state index contributed by atoms with van der Waals surface area (Å²) < 4.78 is 0. The van der Waals surface area contributed by atoms with Gasteiger partial charge in [0.1, 0.15) is 11.5 Å². The van der Waals surface area contributed by atoms with Gasteiger partial charge in [0, 0.05) is 19.0 Å². The van der Waals surface area contributed by atoms with E-state index in [9.17, 15) is 15.0 Å². The van der Waals surface area contributed by atoms with Crippen LogP contribution in [0.4, 0.5) is 0 Å². The van der Waals surface area contributed by atoms with E-state index in [-0.39, 0.29) is 28.8 Å². The van der Waals surface area contributed by atoms with Crippen LogP contribution in [0.25, 0.3) is 0 Å². The third-order valence-corrected chi connectivity index (χ3v) is 3.24. The first-order valence-corrected chi connectivity index (χ1v) is 7.06. The number of phenols is 2. The van der Waals surface area contributed by atoms with Crippen LogP contribution in [0.5, 0.6) is 11.5 Å². The molecule has 5 heteroatoms. The van der Waals surface area contributed by atoms with Crippen molar-refractivity contribution in [2.75, 3.05) is 12.4 Å². The van der Waals surface area contributed by atoms with Gasteiger partial charge in [-0.3, -0.25) is 4.79 Å². The molecular formula is C16H16ClNO3. The number of rotatable bonds is 5. The number of benzene rings is 2. The minimum atomic E-state index is -0.368. The Labute approximate surface area is 128 Å². The van der Waals surface area contributed by atoms with Gasteiger partial charge in [0.15, 0.2) is 0 Å². The molecule has 1 amide bonds. The summed E-state index contributed by atoms with van der Waals surface area (Å²) in [4.78, 5) is 14.0. The summed E-state index contributed by atoms with van der Waals surface area (Å²) in [6.45, 7) is 0.742. The van der Waals surface area contributed by atoms with Gasteiger partial charge < -0.3 is 15.1 Å². The van der Waals surface area contributed by atoms with Gasteiger partial charge in [0.2, 0.25) is 0 Å². The van der Waals surface area contributed by atoms with Gasteiger partial charge in [-0.1, -0.05) is 30.3 Å². The van der Waals surface area contributed by atoms with E-state index < -0.39 is 0 Å². The first-order valence-electron chi connectivity index (χ1n) is 6.53. The molecule has 0 radical (unpaired) electrons. The highest BCUT2D eigenvalue weighted by Crippen LogP contribution is 2.24. The number of phenolic OH excluding ortho intramolecular Hbond substituents is 2. The molecule has 0 bridgehead atoms. The van der Waals surface area contributed by atoms with Gasteiger partial charge >= 0.3 is 0 Å². The highest BCUT2D eigenvalue weighted by Gasteiger charge is 2.19. The number of halogens is 1. The molecule has 0 spiro atoms. The third kappa shape index (κ3) is 3.89. The molecule has 2 aromatic rings. The van der Waals surface area contributed by atoms with Crippen molar-refractivity contribution in [3.8, 4) is 11.5 Å². The van der Waals surface area contributed by atoms with Gasteiger partial charge in [0.25, 0.3) is 5.91 Å². The second-order valence-corrected chi connectivity index (χ2v) is 4.98. The van der Waals surface area contributed by atoms with E-state index in [0.29, 0.717) is 13.1 Å². The number of amides is 1. The van der Waals surface area contributed by atoms with Crippen LogP contribution >= 0.6 is 11.6 Å². The first-order chi connectivity index (χ1) is 10.1. The first kappa shape index (κ1) is 15.2. The molecule has 0 aromatic heterocycles. The molecule has 2 N–H and O–H groups in total. The van der Waals surface area contributed by atoms with E-state index in [2.05, 4.69) is 0 Å². The Morgan fingerprint density at radius 1 is 1.10 bits per heavy atom. The van der Waals surface area contributed by atoms with Gasteiger partial charge in [-0.15, -0.1) is 11.6 Å². The molecule has 0 unspecified atom stereocenters.